The number of hydrogen-bond acceptors (Lipinski definition) is 7. The molecule has 0 amide bonds. The Morgan fingerprint density at radius 2 is 2.00 bits per heavy atom. The first-order valence-corrected chi connectivity index (χ1v) is 10.8. The average molecular weight is 426 g/mol. The van der Waals surface area contributed by atoms with E-state index in [1.807, 2.05) is 37.3 Å². The predicted molar refractivity (Wildman–Crippen MR) is 121 cm³/mol. The van der Waals surface area contributed by atoms with Crippen LogP contribution in [0.1, 0.15) is 23.4 Å². The van der Waals surface area contributed by atoms with Gasteiger partial charge in [0.15, 0.2) is 0 Å². The fourth-order valence-electron chi connectivity index (χ4n) is 3.94. The van der Waals surface area contributed by atoms with Crippen molar-refractivity contribution in [2.24, 2.45) is 0 Å². The number of nitrogens with zero attached hydrogens (tertiary/aromatic N) is 4. The number of hydrogen-bond donors (Lipinski definition) is 2. The van der Waals surface area contributed by atoms with Gasteiger partial charge in [-0.2, -0.15) is 0 Å². The molecule has 0 atom stereocenters. The number of pyridine rings is 1. The van der Waals surface area contributed by atoms with Crippen LogP contribution in [0.15, 0.2) is 30.3 Å². The fourth-order valence-corrected chi connectivity index (χ4v) is 3.94. The van der Waals surface area contributed by atoms with Crippen LogP contribution in [-0.2, 0) is 17.9 Å². The number of ether oxygens (including phenoxy) is 2. The molecule has 0 bridgehead atoms. The minimum atomic E-state index is -0.00162. The number of nitrogens with one attached hydrogen (secondary N) is 1. The van der Waals surface area contributed by atoms with Crippen LogP contribution in [0.5, 0.6) is 5.75 Å². The highest BCUT2D eigenvalue weighted by Crippen LogP contribution is 2.25. The highest BCUT2D eigenvalue weighted by atomic mass is 16.5. The van der Waals surface area contributed by atoms with Crippen LogP contribution < -0.4 is 10.1 Å². The van der Waals surface area contributed by atoms with Crippen molar-refractivity contribution in [3.05, 3.63) is 47.3 Å². The topological polar surface area (TPSA) is 84.7 Å². The summed E-state index contributed by atoms with van der Waals surface area (Å²) < 4.78 is 13.1. The molecule has 4 rings (SSSR count). The zero-order chi connectivity index (χ0) is 21.6. The van der Waals surface area contributed by atoms with E-state index >= 15 is 0 Å². The van der Waals surface area contributed by atoms with Crippen LogP contribution in [0.3, 0.4) is 0 Å². The lowest BCUT2D eigenvalue weighted by molar-refractivity contribution is 0.0378. The summed E-state index contributed by atoms with van der Waals surface area (Å²) in [6, 6.07) is 9.78. The standard InChI is InChI=1S/C23H31N5O3/c1-17-4-7-22(30-2)20(25-17)15-28-21-6-5-18(16-29)14-19(21)26-23(28)24-8-3-9-27-10-12-31-13-11-27/h4-7,14,29H,3,8-13,15-16H2,1-2H3,(H,24,26). The van der Waals surface area contributed by atoms with Crippen LogP contribution in [0.4, 0.5) is 5.95 Å². The second-order valence-electron chi connectivity index (χ2n) is 7.84. The molecule has 166 valence electrons. The van der Waals surface area contributed by atoms with Gasteiger partial charge in [-0.05, 0) is 49.7 Å². The van der Waals surface area contributed by atoms with Crippen molar-refractivity contribution < 1.29 is 14.6 Å². The number of aromatic nitrogens is 3. The molecule has 0 radical (unpaired) electrons. The van der Waals surface area contributed by atoms with Gasteiger partial charge in [0, 0.05) is 25.3 Å². The van der Waals surface area contributed by atoms with Gasteiger partial charge < -0.3 is 24.5 Å². The molecule has 3 aromatic rings. The summed E-state index contributed by atoms with van der Waals surface area (Å²) in [6.07, 6.45) is 1.02. The number of methoxy groups -OCH3 is 1. The van der Waals surface area contributed by atoms with Gasteiger partial charge in [-0.1, -0.05) is 6.07 Å². The lowest BCUT2D eigenvalue weighted by atomic mass is 10.2. The molecule has 8 heteroatoms. The molecule has 8 nitrogen and oxygen atoms in total. The third-order valence-corrected chi connectivity index (χ3v) is 5.63. The zero-order valence-electron chi connectivity index (χ0n) is 18.3. The number of morpholine rings is 1. The van der Waals surface area contributed by atoms with E-state index in [4.69, 9.17) is 19.4 Å². The van der Waals surface area contributed by atoms with E-state index in [0.29, 0.717) is 6.54 Å². The Morgan fingerprint density at radius 3 is 2.77 bits per heavy atom. The molecule has 2 aromatic heterocycles. The number of fused-ring (bicyclic) bond motifs is 1. The van der Waals surface area contributed by atoms with Gasteiger partial charge in [-0.3, -0.25) is 9.88 Å². The highest BCUT2D eigenvalue weighted by molar-refractivity contribution is 5.79. The van der Waals surface area contributed by atoms with Crippen molar-refractivity contribution in [3.63, 3.8) is 0 Å². The number of aliphatic hydroxyl groups is 1. The smallest absolute Gasteiger partial charge is 0.204 e. The van der Waals surface area contributed by atoms with E-state index in [9.17, 15) is 5.11 Å². The lowest BCUT2D eigenvalue weighted by Crippen LogP contribution is -2.37. The molecule has 1 aliphatic heterocycles. The summed E-state index contributed by atoms with van der Waals surface area (Å²) in [4.78, 5) is 12.0. The van der Waals surface area contributed by atoms with Crippen molar-refractivity contribution in [3.8, 4) is 5.75 Å². The third-order valence-electron chi connectivity index (χ3n) is 5.63. The first-order chi connectivity index (χ1) is 15.2. The number of anilines is 1. The van der Waals surface area contributed by atoms with Gasteiger partial charge in [-0.25, -0.2) is 4.98 Å². The fraction of sp³-hybridized carbons (Fsp3) is 0.478. The summed E-state index contributed by atoms with van der Waals surface area (Å²) in [7, 11) is 1.67. The molecule has 1 saturated heterocycles. The van der Waals surface area contributed by atoms with Crippen LogP contribution in [0, 0.1) is 6.92 Å². The van der Waals surface area contributed by atoms with Gasteiger partial charge in [0.1, 0.15) is 11.4 Å². The summed E-state index contributed by atoms with van der Waals surface area (Å²) in [5.41, 5.74) is 4.52. The first-order valence-electron chi connectivity index (χ1n) is 10.8. The van der Waals surface area contributed by atoms with Crippen molar-refractivity contribution >= 4 is 17.0 Å². The Kier molecular flexibility index (Phi) is 7.01. The zero-order valence-corrected chi connectivity index (χ0v) is 18.3. The summed E-state index contributed by atoms with van der Waals surface area (Å²) in [5.74, 6) is 1.56. The summed E-state index contributed by atoms with van der Waals surface area (Å²) in [5, 5.41) is 13.0. The predicted octanol–water partition coefficient (Wildman–Crippen LogP) is 2.42. The Morgan fingerprint density at radius 1 is 1.16 bits per heavy atom. The second kappa shape index (κ2) is 10.1. The third kappa shape index (κ3) is 5.15. The Hall–Kier alpha value is -2.68. The minimum Gasteiger partial charge on any atom is -0.495 e. The maximum atomic E-state index is 9.51. The summed E-state index contributed by atoms with van der Waals surface area (Å²) in [6.45, 7) is 8.04. The maximum Gasteiger partial charge on any atom is 0.204 e. The van der Waals surface area contributed by atoms with Crippen molar-refractivity contribution in [2.75, 3.05) is 51.8 Å². The van der Waals surface area contributed by atoms with Crippen LogP contribution >= 0.6 is 0 Å². The minimum absolute atomic E-state index is 0.00162. The molecular weight excluding hydrogens is 394 g/mol. The molecule has 2 N–H and O–H groups in total. The van der Waals surface area contributed by atoms with Crippen molar-refractivity contribution in [2.45, 2.75) is 26.5 Å². The normalized spacial score (nSPS) is 14.8. The Labute approximate surface area is 182 Å². The number of rotatable bonds is 9. The maximum absolute atomic E-state index is 9.51. The molecule has 0 saturated carbocycles. The average Bonchev–Trinajstić information content (AvgIpc) is 3.14. The molecule has 0 aliphatic carbocycles. The summed E-state index contributed by atoms with van der Waals surface area (Å²) >= 11 is 0. The highest BCUT2D eigenvalue weighted by Gasteiger charge is 2.15. The molecular formula is C23H31N5O3. The van der Waals surface area contributed by atoms with Crippen LogP contribution in [-0.4, -0.2) is 71.0 Å². The van der Waals surface area contributed by atoms with Gasteiger partial charge in [0.05, 0.1) is 44.5 Å². The quantitative estimate of drug-likeness (QED) is 0.509. The number of imidazole rings is 1. The van der Waals surface area contributed by atoms with E-state index < -0.39 is 0 Å². The van der Waals surface area contributed by atoms with Crippen LogP contribution in [0.2, 0.25) is 0 Å². The van der Waals surface area contributed by atoms with Gasteiger partial charge in [-0.15, -0.1) is 0 Å². The van der Waals surface area contributed by atoms with E-state index in [1.165, 1.54) is 0 Å². The number of benzene rings is 1. The molecule has 31 heavy (non-hydrogen) atoms. The van der Waals surface area contributed by atoms with Gasteiger partial charge in [0.2, 0.25) is 5.95 Å². The molecule has 1 aliphatic rings. The lowest BCUT2D eigenvalue weighted by Gasteiger charge is -2.26. The second-order valence-corrected chi connectivity index (χ2v) is 7.84. The van der Waals surface area contributed by atoms with E-state index in [0.717, 1.165) is 85.5 Å². The van der Waals surface area contributed by atoms with E-state index in [1.54, 1.807) is 7.11 Å². The van der Waals surface area contributed by atoms with E-state index in [-0.39, 0.29) is 6.61 Å². The largest absolute Gasteiger partial charge is 0.495 e. The molecule has 3 heterocycles. The van der Waals surface area contributed by atoms with Crippen LogP contribution in [0.25, 0.3) is 11.0 Å². The SMILES string of the molecule is COc1ccc(C)nc1Cn1c(NCCCN2CCOCC2)nc2cc(CO)ccc21. The Bertz CT molecular complexity index is 1010. The molecule has 1 aromatic carbocycles. The van der Waals surface area contributed by atoms with E-state index in [2.05, 4.69) is 14.8 Å². The first kappa shape index (κ1) is 21.5. The molecule has 0 spiro atoms. The number of aryl methyl sites for hydroxylation is 1. The molecule has 1 fully saturated rings. The van der Waals surface area contributed by atoms with Crippen molar-refractivity contribution in [1.82, 2.24) is 19.4 Å². The number of aliphatic hydroxyl groups excluding tert-OH is 1. The van der Waals surface area contributed by atoms with Crippen molar-refractivity contribution in [1.29, 1.82) is 0 Å². The molecule has 0 unspecified atom stereocenters. The Balaban J connectivity index is 1.55. The van der Waals surface area contributed by atoms with Gasteiger partial charge in [0.25, 0.3) is 0 Å². The monoisotopic (exact) mass is 425 g/mol. The van der Waals surface area contributed by atoms with Gasteiger partial charge >= 0.3 is 0 Å².